The van der Waals surface area contributed by atoms with Gasteiger partial charge in [0.2, 0.25) is 0 Å². The van der Waals surface area contributed by atoms with Crippen LogP contribution in [0.25, 0.3) is 0 Å². The summed E-state index contributed by atoms with van der Waals surface area (Å²) in [7, 11) is 1.35. The van der Waals surface area contributed by atoms with Gasteiger partial charge in [0.25, 0.3) is 5.91 Å². The van der Waals surface area contributed by atoms with E-state index in [4.69, 9.17) is 9.47 Å². The Morgan fingerprint density at radius 3 is 2.46 bits per heavy atom. The lowest BCUT2D eigenvalue weighted by molar-refractivity contribution is -0.151. The molecule has 1 aromatic rings. The molecule has 1 saturated carbocycles. The molecule has 0 heterocycles. The number of ether oxygens (including phenoxy) is 2. The molecule has 24 heavy (non-hydrogen) atoms. The smallest absolute Gasteiger partial charge is 0.331 e. The highest BCUT2D eigenvalue weighted by molar-refractivity contribution is 5.88. The summed E-state index contributed by atoms with van der Waals surface area (Å²) in [6.07, 6.45) is 3.05. The van der Waals surface area contributed by atoms with Crippen LogP contribution in [0.5, 0.6) is 5.75 Å². The standard InChI is InChI=1S/C19H27NO4/c1-18(2,3)14-8-7-9-15(12-14)24-13-16(21)20-19(17(22)23-4)10-5-6-11-19/h7-9,12H,5-6,10-11,13H2,1-4H3,(H,20,21). The van der Waals surface area contributed by atoms with E-state index in [-0.39, 0.29) is 23.9 Å². The summed E-state index contributed by atoms with van der Waals surface area (Å²) < 4.78 is 10.5. The number of esters is 1. The van der Waals surface area contributed by atoms with Crippen LogP contribution in [-0.4, -0.2) is 31.1 Å². The largest absolute Gasteiger partial charge is 0.484 e. The molecule has 1 aromatic carbocycles. The minimum atomic E-state index is -0.886. The normalized spacial score (nSPS) is 16.5. The summed E-state index contributed by atoms with van der Waals surface area (Å²) in [5.74, 6) is -0.0253. The number of amides is 1. The summed E-state index contributed by atoms with van der Waals surface area (Å²) in [6.45, 7) is 6.25. The SMILES string of the molecule is COC(=O)C1(NC(=O)COc2cccc(C(C)(C)C)c2)CCCC1. The molecule has 132 valence electrons. The topological polar surface area (TPSA) is 64.6 Å². The van der Waals surface area contributed by atoms with Crippen LogP contribution in [0.4, 0.5) is 0 Å². The molecular weight excluding hydrogens is 306 g/mol. The lowest BCUT2D eigenvalue weighted by Gasteiger charge is -2.27. The van der Waals surface area contributed by atoms with Crippen molar-refractivity contribution in [3.63, 3.8) is 0 Å². The third-order valence-corrected chi connectivity index (χ3v) is 4.48. The molecule has 0 atom stereocenters. The first-order valence-electron chi connectivity index (χ1n) is 8.40. The van der Waals surface area contributed by atoms with Gasteiger partial charge in [-0.2, -0.15) is 0 Å². The predicted octanol–water partition coefficient (Wildman–Crippen LogP) is 2.96. The highest BCUT2D eigenvalue weighted by Gasteiger charge is 2.43. The van der Waals surface area contributed by atoms with Crippen molar-refractivity contribution >= 4 is 11.9 Å². The fraction of sp³-hybridized carbons (Fsp3) is 0.579. The van der Waals surface area contributed by atoms with Crippen molar-refractivity contribution in [3.8, 4) is 5.75 Å². The molecule has 0 bridgehead atoms. The number of carbonyl (C=O) groups is 2. The average molecular weight is 333 g/mol. The van der Waals surface area contributed by atoms with Gasteiger partial charge >= 0.3 is 5.97 Å². The maximum Gasteiger partial charge on any atom is 0.331 e. The first-order valence-corrected chi connectivity index (χ1v) is 8.40. The van der Waals surface area contributed by atoms with Gasteiger partial charge in [-0.3, -0.25) is 4.79 Å². The van der Waals surface area contributed by atoms with E-state index in [0.29, 0.717) is 18.6 Å². The highest BCUT2D eigenvalue weighted by Crippen LogP contribution is 2.31. The van der Waals surface area contributed by atoms with E-state index in [9.17, 15) is 9.59 Å². The van der Waals surface area contributed by atoms with Crippen molar-refractivity contribution in [3.05, 3.63) is 29.8 Å². The summed E-state index contributed by atoms with van der Waals surface area (Å²) in [6, 6.07) is 7.73. The second kappa shape index (κ2) is 7.24. The average Bonchev–Trinajstić information content (AvgIpc) is 3.01. The fourth-order valence-electron chi connectivity index (χ4n) is 3.06. The van der Waals surface area contributed by atoms with E-state index in [1.165, 1.54) is 7.11 Å². The van der Waals surface area contributed by atoms with Crippen LogP contribution < -0.4 is 10.1 Å². The molecule has 1 N–H and O–H groups in total. The van der Waals surface area contributed by atoms with Gasteiger partial charge in [-0.1, -0.05) is 45.7 Å². The number of methoxy groups -OCH3 is 1. The molecule has 1 aliphatic carbocycles. The van der Waals surface area contributed by atoms with Crippen LogP contribution in [0, 0.1) is 0 Å². The Morgan fingerprint density at radius 2 is 1.88 bits per heavy atom. The van der Waals surface area contributed by atoms with Gasteiger partial charge in [-0.05, 0) is 36.0 Å². The van der Waals surface area contributed by atoms with Gasteiger partial charge in [0.15, 0.2) is 6.61 Å². The molecular formula is C19H27NO4. The lowest BCUT2D eigenvalue weighted by atomic mass is 9.87. The molecule has 0 spiro atoms. The number of nitrogens with one attached hydrogen (secondary N) is 1. The van der Waals surface area contributed by atoms with E-state index < -0.39 is 5.54 Å². The second-order valence-electron chi connectivity index (χ2n) is 7.40. The van der Waals surface area contributed by atoms with Gasteiger partial charge < -0.3 is 14.8 Å². The summed E-state index contributed by atoms with van der Waals surface area (Å²) in [4.78, 5) is 24.3. The van der Waals surface area contributed by atoms with E-state index >= 15 is 0 Å². The van der Waals surface area contributed by atoms with Crippen molar-refractivity contribution in [2.45, 2.75) is 57.4 Å². The van der Waals surface area contributed by atoms with Crippen molar-refractivity contribution in [2.75, 3.05) is 13.7 Å². The lowest BCUT2D eigenvalue weighted by Crippen LogP contribution is -2.54. The monoisotopic (exact) mass is 333 g/mol. The zero-order chi connectivity index (χ0) is 17.8. The Morgan fingerprint density at radius 1 is 1.21 bits per heavy atom. The van der Waals surface area contributed by atoms with Crippen molar-refractivity contribution in [1.82, 2.24) is 5.32 Å². The molecule has 1 amide bonds. The quantitative estimate of drug-likeness (QED) is 0.842. The summed E-state index contributed by atoms with van der Waals surface area (Å²) in [5, 5.41) is 2.82. The fourth-order valence-corrected chi connectivity index (χ4v) is 3.06. The van der Waals surface area contributed by atoms with Crippen molar-refractivity contribution < 1.29 is 19.1 Å². The van der Waals surface area contributed by atoms with Crippen LogP contribution in [0.2, 0.25) is 0 Å². The predicted molar refractivity (Wildman–Crippen MR) is 92.0 cm³/mol. The van der Waals surface area contributed by atoms with E-state index in [1.807, 2.05) is 24.3 Å². The minimum Gasteiger partial charge on any atom is -0.484 e. The van der Waals surface area contributed by atoms with Crippen LogP contribution >= 0.6 is 0 Å². The highest BCUT2D eigenvalue weighted by atomic mass is 16.5. The number of carbonyl (C=O) groups excluding carboxylic acids is 2. The third-order valence-electron chi connectivity index (χ3n) is 4.48. The second-order valence-corrected chi connectivity index (χ2v) is 7.40. The Labute approximate surface area is 143 Å². The van der Waals surface area contributed by atoms with Crippen molar-refractivity contribution in [2.24, 2.45) is 0 Å². The molecule has 1 aliphatic rings. The molecule has 2 rings (SSSR count). The third kappa shape index (κ3) is 4.28. The Kier molecular flexibility index (Phi) is 5.52. The first-order chi connectivity index (χ1) is 11.3. The Bertz CT molecular complexity index is 598. The molecule has 0 aliphatic heterocycles. The molecule has 0 unspecified atom stereocenters. The molecule has 0 radical (unpaired) electrons. The zero-order valence-electron chi connectivity index (χ0n) is 15.0. The Balaban J connectivity index is 1.97. The van der Waals surface area contributed by atoms with Gasteiger partial charge in [-0.25, -0.2) is 4.79 Å². The van der Waals surface area contributed by atoms with Crippen LogP contribution in [-0.2, 0) is 19.7 Å². The first kappa shape index (κ1) is 18.3. The Hall–Kier alpha value is -2.04. The van der Waals surface area contributed by atoms with Gasteiger partial charge in [0.05, 0.1) is 7.11 Å². The number of hydrogen-bond donors (Lipinski definition) is 1. The molecule has 5 heteroatoms. The van der Waals surface area contributed by atoms with Crippen LogP contribution in [0.1, 0.15) is 52.0 Å². The van der Waals surface area contributed by atoms with E-state index in [1.54, 1.807) is 0 Å². The van der Waals surface area contributed by atoms with Crippen LogP contribution in [0.15, 0.2) is 24.3 Å². The van der Waals surface area contributed by atoms with Gasteiger partial charge in [0.1, 0.15) is 11.3 Å². The van der Waals surface area contributed by atoms with E-state index in [2.05, 4.69) is 26.1 Å². The maximum absolute atomic E-state index is 12.2. The molecule has 1 fully saturated rings. The van der Waals surface area contributed by atoms with Gasteiger partial charge in [0, 0.05) is 0 Å². The zero-order valence-corrected chi connectivity index (χ0v) is 15.0. The molecule has 5 nitrogen and oxygen atoms in total. The molecule has 0 aromatic heterocycles. The van der Waals surface area contributed by atoms with Crippen molar-refractivity contribution in [1.29, 1.82) is 0 Å². The number of benzene rings is 1. The number of hydrogen-bond acceptors (Lipinski definition) is 4. The van der Waals surface area contributed by atoms with Gasteiger partial charge in [-0.15, -0.1) is 0 Å². The van der Waals surface area contributed by atoms with Crippen LogP contribution in [0.3, 0.4) is 0 Å². The van der Waals surface area contributed by atoms with E-state index in [0.717, 1.165) is 18.4 Å². The molecule has 0 saturated heterocycles. The summed E-state index contributed by atoms with van der Waals surface area (Å²) in [5.41, 5.74) is 0.269. The maximum atomic E-state index is 12.2. The minimum absolute atomic E-state index is 0.0143. The number of rotatable bonds is 5. The summed E-state index contributed by atoms with van der Waals surface area (Å²) >= 11 is 0.